The second-order valence-electron chi connectivity index (χ2n) is 9.45. The summed E-state index contributed by atoms with van der Waals surface area (Å²) in [5.74, 6) is -1.01. The van der Waals surface area contributed by atoms with Gasteiger partial charge in [-0.25, -0.2) is 17.9 Å². The zero-order valence-electron chi connectivity index (χ0n) is 21.8. The van der Waals surface area contributed by atoms with Gasteiger partial charge in [-0.3, -0.25) is 14.3 Å². The van der Waals surface area contributed by atoms with Crippen molar-refractivity contribution in [3.05, 3.63) is 100.0 Å². The first-order chi connectivity index (χ1) is 19.5. The number of carbonyl (C=O) groups is 2. The zero-order valence-corrected chi connectivity index (χ0v) is 23.4. The van der Waals surface area contributed by atoms with E-state index in [2.05, 4.69) is 10.4 Å². The molecule has 3 N–H and O–H groups in total. The van der Waals surface area contributed by atoms with Crippen LogP contribution in [0.4, 0.5) is 4.39 Å². The Morgan fingerprint density at radius 2 is 1.88 bits per heavy atom. The van der Waals surface area contributed by atoms with Crippen molar-refractivity contribution < 1.29 is 27.1 Å². The average molecular weight is 598 g/mol. The third-order valence-corrected chi connectivity index (χ3v) is 7.76. The summed E-state index contributed by atoms with van der Waals surface area (Å²) in [6.07, 6.45) is 0. The third-order valence-electron chi connectivity index (χ3n) is 6.60. The van der Waals surface area contributed by atoms with Gasteiger partial charge in [0.05, 0.1) is 10.6 Å². The molecule has 0 bridgehead atoms. The van der Waals surface area contributed by atoms with Crippen LogP contribution in [-0.2, 0) is 41.6 Å². The van der Waals surface area contributed by atoms with E-state index in [9.17, 15) is 22.4 Å². The lowest BCUT2D eigenvalue weighted by molar-refractivity contribution is -0.122. The molecule has 10 nitrogen and oxygen atoms in total. The molecule has 2 amide bonds. The Morgan fingerprint density at radius 1 is 1.15 bits per heavy atom. The number of fused-ring (bicyclic) bond motifs is 3. The summed E-state index contributed by atoms with van der Waals surface area (Å²) in [5, 5.41) is 12.8. The van der Waals surface area contributed by atoms with Crippen LogP contribution in [0.1, 0.15) is 27.2 Å². The maximum absolute atomic E-state index is 14.6. The number of aryl methyl sites for hydroxylation is 1. The molecular formula is C28H25ClFN5O5S. The number of hydrogen-bond acceptors (Lipinski definition) is 6. The van der Waals surface area contributed by atoms with Gasteiger partial charge >= 0.3 is 0 Å². The number of primary sulfonamides is 1. The Balaban J connectivity index is 1.40. The smallest absolute Gasteiger partial charge is 0.275 e. The Kier molecular flexibility index (Phi) is 7.80. The lowest BCUT2D eigenvalue weighted by Crippen LogP contribution is -2.41. The number of nitrogens with two attached hydrogens (primary N) is 1. The van der Waals surface area contributed by atoms with Gasteiger partial charge < -0.3 is 15.0 Å². The van der Waals surface area contributed by atoms with Crippen molar-refractivity contribution in [1.29, 1.82) is 0 Å². The van der Waals surface area contributed by atoms with E-state index in [0.29, 0.717) is 33.2 Å². The molecule has 0 fully saturated rings. The Bertz CT molecular complexity index is 1760. The molecule has 3 aromatic carbocycles. The summed E-state index contributed by atoms with van der Waals surface area (Å²) in [6, 6.07) is 16.9. The summed E-state index contributed by atoms with van der Waals surface area (Å²) < 4.78 is 44.9. The molecule has 0 saturated carbocycles. The van der Waals surface area contributed by atoms with Crippen LogP contribution in [-0.4, -0.2) is 41.5 Å². The van der Waals surface area contributed by atoms with Gasteiger partial charge in [0.2, 0.25) is 15.9 Å². The SMILES string of the molecule is Cn1nc(C(=O)N(CC(=O)NCc2ccc(S(N)(=O)=O)cc2)Cc2ccccc2F)c2c1-c1cc(Cl)ccc1OC2. The average Bonchev–Trinajstić information content (AvgIpc) is 3.28. The quantitative estimate of drug-likeness (QED) is 0.320. The van der Waals surface area contributed by atoms with E-state index in [-0.39, 0.29) is 35.8 Å². The van der Waals surface area contributed by atoms with E-state index in [4.69, 9.17) is 21.5 Å². The van der Waals surface area contributed by atoms with Gasteiger partial charge in [-0.1, -0.05) is 41.9 Å². The van der Waals surface area contributed by atoms with Crippen molar-refractivity contribution in [2.45, 2.75) is 24.6 Å². The molecule has 41 heavy (non-hydrogen) atoms. The highest BCUT2D eigenvalue weighted by atomic mass is 35.5. The number of aromatic nitrogens is 2. The van der Waals surface area contributed by atoms with Gasteiger partial charge in [0.15, 0.2) is 5.69 Å². The second kappa shape index (κ2) is 11.3. The minimum Gasteiger partial charge on any atom is -0.488 e. The molecule has 0 unspecified atom stereocenters. The number of rotatable bonds is 8. The minimum absolute atomic E-state index is 0.0539. The van der Waals surface area contributed by atoms with E-state index >= 15 is 0 Å². The molecule has 1 aliphatic rings. The number of benzene rings is 3. The van der Waals surface area contributed by atoms with Crippen LogP contribution in [0.3, 0.4) is 0 Å². The Hall–Kier alpha value is -4.26. The molecule has 0 saturated heterocycles. The lowest BCUT2D eigenvalue weighted by atomic mass is 10.0. The largest absolute Gasteiger partial charge is 0.488 e. The summed E-state index contributed by atoms with van der Waals surface area (Å²) in [4.78, 5) is 28.0. The van der Waals surface area contributed by atoms with Crippen molar-refractivity contribution in [2.75, 3.05) is 6.54 Å². The van der Waals surface area contributed by atoms with Gasteiger partial charge in [0, 0.05) is 41.9 Å². The van der Waals surface area contributed by atoms with Crippen LogP contribution in [0.15, 0.2) is 71.6 Å². The number of carbonyl (C=O) groups excluding carboxylic acids is 2. The predicted molar refractivity (Wildman–Crippen MR) is 149 cm³/mol. The van der Waals surface area contributed by atoms with Gasteiger partial charge in [0.25, 0.3) is 5.91 Å². The number of nitrogens with zero attached hydrogens (tertiary/aromatic N) is 3. The summed E-state index contributed by atoms with van der Waals surface area (Å²) in [6.45, 7) is -0.434. The number of amides is 2. The molecule has 0 radical (unpaired) electrons. The molecule has 0 atom stereocenters. The fraction of sp³-hybridized carbons (Fsp3) is 0.179. The van der Waals surface area contributed by atoms with Crippen LogP contribution in [0, 0.1) is 5.82 Å². The molecule has 212 valence electrons. The first kappa shape index (κ1) is 28.3. The van der Waals surface area contributed by atoms with Crippen LogP contribution in [0.5, 0.6) is 5.75 Å². The first-order valence-corrected chi connectivity index (χ1v) is 14.3. The molecule has 5 rings (SSSR count). The fourth-order valence-electron chi connectivity index (χ4n) is 4.58. The van der Waals surface area contributed by atoms with Gasteiger partial charge in [-0.05, 0) is 42.0 Å². The first-order valence-electron chi connectivity index (χ1n) is 12.4. The standard InChI is InChI=1S/C28H25ClFN5O5S/c1-34-27-21-12-19(29)8-11-24(21)40-16-22(27)26(33-34)28(37)35(14-18-4-2-3-5-23(18)30)15-25(36)32-13-17-6-9-20(10-7-17)41(31,38)39/h2-12H,13-16H2,1H3,(H,32,36)(H2,31,38,39). The molecule has 1 aliphatic heterocycles. The van der Waals surface area contributed by atoms with E-state index in [1.54, 1.807) is 36.0 Å². The third kappa shape index (κ3) is 6.09. The maximum atomic E-state index is 14.6. The zero-order chi connectivity index (χ0) is 29.3. The molecule has 1 aromatic heterocycles. The molecule has 0 spiro atoms. The predicted octanol–water partition coefficient (Wildman–Crippen LogP) is 3.38. The number of halogens is 2. The van der Waals surface area contributed by atoms with Crippen LogP contribution in [0.25, 0.3) is 11.3 Å². The fourth-order valence-corrected chi connectivity index (χ4v) is 5.27. The number of sulfonamides is 1. The van der Waals surface area contributed by atoms with Crippen molar-refractivity contribution >= 4 is 33.4 Å². The van der Waals surface area contributed by atoms with Crippen molar-refractivity contribution in [2.24, 2.45) is 12.2 Å². The number of nitrogens with one attached hydrogen (secondary N) is 1. The van der Waals surface area contributed by atoms with Gasteiger partial charge in [-0.2, -0.15) is 5.10 Å². The minimum atomic E-state index is -3.84. The second-order valence-corrected chi connectivity index (χ2v) is 11.4. The highest BCUT2D eigenvalue weighted by Crippen LogP contribution is 2.40. The molecule has 4 aromatic rings. The Morgan fingerprint density at radius 3 is 2.59 bits per heavy atom. The summed E-state index contributed by atoms with van der Waals surface area (Å²) >= 11 is 6.21. The van der Waals surface area contributed by atoms with Gasteiger partial charge in [-0.15, -0.1) is 0 Å². The van der Waals surface area contributed by atoms with Crippen molar-refractivity contribution in [1.82, 2.24) is 20.0 Å². The lowest BCUT2D eigenvalue weighted by Gasteiger charge is -2.23. The number of hydrogen-bond donors (Lipinski definition) is 2. The normalized spacial score (nSPS) is 12.2. The van der Waals surface area contributed by atoms with E-state index in [0.717, 1.165) is 0 Å². The highest BCUT2D eigenvalue weighted by molar-refractivity contribution is 7.89. The Labute approximate surface area is 240 Å². The summed E-state index contributed by atoms with van der Waals surface area (Å²) in [7, 11) is -2.15. The van der Waals surface area contributed by atoms with Crippen LogP contribution in [0.2, 0.25) is 5.02 Å². The number of ether oxygens (including phenoxy) is 1. The monoisotopic (exact) mass is 597 g/mol. The van der Waals surface area contributed by atoms with E-state index in [1.807, 2.05) is 0 Å². The van der Waals surface area contributed by atoms with Crippen LogP contribution >= 0.6 is 11.6 Å². The van der Waals surface area contributed by atoms with Gasteiger partial charge in [0.1, 0.15) is 24.7 Å². The van der Waals surface area contributed by atoms with E-state index in [1.165, 1.54) is 47.4 Å². The highest BCUT2D eigenvalue weighted by Gasteiger charge is 2.32. The maximum Gasteiger partial charge on any atom is 0.275 e. The topological polar surface area (TPSA) is 137 Å². The summed E-state index contributed by atoms with van der Waals surface area (Å²) in [5.41, 5.74) is 2.79. The van der Waals surface area contributed by atoms with Crippen LogP contribution < -0.4 is 15.2 Å². The van der Waals surface area contributed by atoms with Crippen molar-refractivity contribution in [3.8, 4) is 17.0 Å². The molecule has 0 aliphatic carbocycles. The van der Waals surface area contributed by atoms with Crippen molar-refractivity contribution in [3.63, 3.8) is 0 Å². The molecule has 13 heteroatoms. The van der Waals surface area contributed by atoms with E-state index < -0.39 is 34.2 Å². The molecule has 2 heterocycles. The molecular weight excluding hydrogens is 573 g/mol.